The first-order chi connectivity index (χ1) is 14.3. The molecule has 0 aliphatic heterocycles. The molecule has 3 N–H and O–H groups in total. The number of aryl methyl sites for hydroxylation is 1. The number of thiazole rings is 1. The third-order valence-corrected chi connectivity index (χ3v) is 5.24. The maximum atomic E-state index is 12.2. The van der Waals surface area contributed by atoms with E-state index in [1.807, 2.05) is 0 Å². The van der Waals surface area contributed by atoms with Crippen LogP contribution < -0.4 is 20.1 Å². The van der Waals surface area contributed by atoms with Crippen molar-refractivity contribution in [1.29, 1.82) is 0 Å². The van der Waals surface area contributed by atoms with Crippen LogP contribution in [0.4, 0.5) is 24.5 Å². The second-order valence-electron chi connectivity index (χ2n) is 6.31. The van der Waals surface area contributed by atoms with E-state index in [-0.39, 0.29) is 29.5 Å². The summed E-state index contributed by atoms with van der Waals surface area (Å²) in [6.45, 7) is 0.194. The Kier molecular flexibility index (Phi) is 7.84. The minimum atomic E-state index is -4.47. The first-order valence-corrected chi connectivity index (χ1v) is 11.4. The van der Waals surface area contributed by atoms with Crippen LogP contribution in [-0.2, 0) is 26.0 Å². The standard InChI is InChI=1S/C17H19F3N4O5S2/c1-10-13(30-16(22-10)29-9-17(18,19)20)6-7-21-14(25)15(26)23-11-4-3-5-12(8-11)24-31(2,27)28/h3-5,8,24H,6-7,9H2,1-2H3,(H,21,25)(H,23,26). The summed E-state index contributed by atoms with van der Waals surface area (Å²) in [6, 6.07) is 5.78. The van der Waals surface area contributed by atoms with E-state index >= 15 is 0 Å². The largest absolute Gasteiger partial charge is 0.460 e. The molecule has 2 aromatic rings. The van der Waals surface area contributed by atoms with E-state index < -0.39 is 34.6 Å². The number of carbonyl (C=O) groups excluding carboxylic acids is 2. The monoisotopic (exact) mass is 480 g/mol. The molecule has 170 valence electrons. The zero-order valence-corrected chi connectivity index (χ0v) is 18.0. The number of sulfonamides is 1. The third-order valence-electron chi connectivity index (χ3n) is 3.50. The summed E-state index contributed by atoms with van der Waals surface area (Å²) < 4.78 is 66.0. The number of alkyl halides is 3. The van der Waals surface area contributed by atoms with Crippen molar-refractivity contribution >= 4 is 44.5 Å². The Bertz CT molecular complexity index is 1050. The zero-order valence-electron chi connectivity index (χ0n) is 16.4. The highest BCUT2D eigenvalue weighted by atomic mass is 32.2. The molecule has 9 nitrogen and oxygen atoms in total. The number of rotatable bonds is 8. The van der Waals surface area contributed by atoms with Crippen molar-refractivity contribution in [3.05, 3.63) is 34.8 Å². The molecule has 1 aromatic heterocycles. The Labute approximate surface area is 180 Å². The van der Waals surface area contributed by atoms with Crippen LogP contribution in [0.25, 0.3) is 0 Å². The van der Waals surface area contributed by atoms with E-state index in [1.165, 1.54) is 24.3 Å². The molecule has 0 saturated heterocycles. The predicted molar refractivity (Wildman–Crippen MR) is 109 cm³/mol. The predicted octanol–water partition coefficient (Wildman–Crippen LogP) is 2.06. The number of benzene rings is 1. The second-order valence-corrected chi connectivity index (χ2v) is 9.10. The van der Waals surface area contributed by atoms with Gasteiger partial charge in [-0.3, -0.25) is 14.3 Å². The summed E-state index contributed by atoms with van der Waals surface area (Å²) in [5, 5.41) is 4.60. The fraction of sp³-hybridized carbons (Fsp3) is 0.353. The molecule has 0 saturated carbocycles. The highest BCUT2D eigenvalue weighted by molar-refractivity contribution is 7.92. The number of carbonyl (C=O) groups is 2. The van der Waals surface area contributed by atoms with Gasteiger partial charge in [0.25, 0.3) is 5.19 Å². The van der Waals surface area contributed by atoms with Gasteiger partial charge in [0.05, 0.1) is 17.6 Å². The van der Waals surface area contributed by atoms with Crippen LogP contribution in [0, 0.1) is 6.92 Å². The molecule has 0 bridgehead atoms. The first-order valence-electron chi connectivity index (χ1n) is 8.65. The fourth-order valence-corrected chi connectivity index (χ4v) is 3.73. The molecule has 1 heterocycles. The van der Waals surface area contributed by atoms with Crippen molar-refractivity contribution < 1.29 is 35.9 Å². The summed E-state index contributed by atoms with van der Waals surface area (Å²) in [7, 11) is -3.50. The van der Waals surface area contributed by atoms with E-state index in [0.717, 1.165) is 17.6 Å². The van der Waals surface area contributed by atoms with Crippen molar-refractivity contribution in [2.24, 2.45) is 0 Å². The van der Waals surface area contributed by atoms with Crippen LogP contribution in [0.2, 0.25) is 0 Å². The van der Waals surface area contributed by atoms with Gasteiger partial charge in [-0.15, -0.1) is 0 Å². The number of aromatic nitrogens is 1. The van der Waals surface area contributed by atoms with Crippen LogP contribution >= 0.6 is 11.3 Å². The molecular formula is C17H19F3N4O5S2. The van der Waals surface area contributed by atoms with Gasteiger partial charge in [-0.25, -0.2) is 13.4 Å². The lowest BCUT2D eigenvalue weighted by molar-refractivity contribution is -0.153. The van der Waals surface area contributed by atoms with Crippen LogP contribution in [0.15, 0.2) is 24.3 Å². The van der Waals surface area contributed by atoms with Gasteiger partial charge in [0.15, 0.2) is 6.61 Å². The molecule has 0 fully saturated rings. The molecule has 0 aliphatic rings. The lowest BCUT2D eigenvalue weighted by Crippen LogP contribution is -2.36. The summed E-state index contributed by atoms with van der Waals surface area (Å²) in [5.74, 6) is -1.90. The molecule has 0 atom stereocenters. The number of hydrogen-bond donors (Lipinski definition) is 3. The fourth-order valence-electron chi connectivity index (χ4n) is 2.27. The average Bonchev–Trinajstić information content (AvgIpc) is 2.98. The first kappa shape index (κ1) is 24.4. The Balaban J connectivity index is 1.84. The number of anilines is 2. The lowest BCUT2D eigenvalue weighted by Gasteiger charge is -2.08. The van der Waals surface area contributed by atoms with Gasteiger partial charge in [0.2, 0.25) is 10.0 Å². The van der Waals surface area contributed by atoms with E-state index in [9.17, 15) is 31.2 Å². The number of nitrogens with zero attached hydrogens (tertiary/aromatic N) is 1. The summed E-state index contributed by atoms with van der Waals surface area (Å²) >= 11 is 0.928. The van der Waals surface area contributed by atoms with E-state index in [4.69, 9.17) is 0 Å². The molecule has 0 aliphatic carbocycles. The topological polar surface area (TPSA) is 126 Å². The molecule has 0 radical (unpaired) electrons. The quantitative estimate of drug-likeness (QED) is 0.497. The van der Waals surface area contributed by atoms with Crippen molar-refractivity contribution in [2.75, 3.05) is 29.4 Å². The smallest absolute Gasteiger partial charge is 0.422 e. The molecule has 2 rings (SSSR count). The van der Waals surface area contributed by atoms with Crippen LogP contribution in [0.1, 0.15) is 10.6 Å². The molecule has 31 heavy (non-hydrogen) atoms. The highest BCUT2D eigenvalue weighted by Gasteiger charge is 2.29. The Hall–Kier alpha value is -2.87. The van der Waals surface area contributed by atoms with Gasteiger partial charge in [0, 0.05) is 23.5 Å². The average molecular weight is 480 g/mol. The highest BCUT2D eigenvalue weighted by Crippen LogP contribution is 2.26. The van der Waals surface area contributed by atoms with Crippen LogP contribution in [0.3, 0.4) is 0 Å². The molecule has 1 aromatic carbocycles. The zero-order chi connectivity index (χ0) is 23.2. The van der Waals surface area contributed by atoms with Crippen molar-refractivity contribution in [3.63, 3.8) is 0 Å². The molecule has 14 heteroatoms. The van der Waals surface area contributed by atoms with Crippen molar-refractivity contribution in [3.8, 4) is 5.19 Å². The van der Waals surface area contributed by atoms with Crippen molar-refractivity contribution in [1.82, 2.24) is 10.3 Å². The maximum absolute atomic E-state index is 12.2. The normalized spacial score (nSPS) is 11.6. The number of hydrogen-bond acceptors (Lipinski definition) is 7. The number of amides is 2. The Morgan fingerprint density at radius 1 is 1.19 bits per heavy atom. The summed E-state index contributed by atoms with van der Waals surface area (Å²) in [4.78, 5) is 28.5. The Morgan fingerprint density at radius 2 is 1.87 bits per heavy atom. The Morgan fingerprint density at radius 3 is 2.52 bits per heavy atom. The van der Waals surface area contributed by atoms with Gasteiger partial charge in [-0.1, -0.05) is 17.4 Å². The van der Waals surface area contributed by atoms with Gasteiger partial charge in [-0.05, 0) is 25.1 Å². The third kappa shape index (κ3) is 8.80. The van der Waals surface area contributed by atoms with Crippen LogP contribution in [-0.4, -0.2) is 50.8 Å². The van der Waals surface area contributed by atoms with Gasteiger partial charge >= 0.3 is 18.0 Å². The number of halogens is 3. The second kappa shape index (κ2) is 9.96. The molecule has 2 amide bonds. The van der Waals surface area contributed by atoms with Crippen LogP contribution in [0.5, 0.6) is 5.19 Å². The van der Waals surface area contributed by atoms with Crippen molar-refractivity contribution in [2.45, 2.75) is 19.5 Å². The molecular weight excluding hydrogens is 461 g/mol. The summed E-state index contributed by atoms with van der Waals surface area (Å²) in [6.07, 6.45) is -3.25. The van der Waals surface area contributed by atoms with E-state index in [0.29, 0.717) is 10.6 Å². The number of ether oxygens (including phenoxy) is 1. The molecule has 0 unspecified atom stereocenters. The van der Waals surface area contributed by atoms with Gasteiger partial charge < -0.3 is 15.4 Å². The molecule has 0 spiro atoms. The minimum Gasteiger partial charge on any atom is -0.460 e. The lowest BCUT2D eigenvalue weighted by atomic mass is 10.3. The van der Waals surface area contributed by atoms with E-state index in [1.54, 1.807) is 6.92 Å². The minimum absolute atomic E-state index is 0.0453. The van der Waals surface area contributed by atoms with Gasteiger partial charge in [-0.2, -0.15) is 13.2 Å². The number of nitrogens with one attached hydrogen (secondary N) is 3. The SMILES string of the molecule is Cc1nc(OCC(F)(F)F)sc1CCNC(=O)C(=O)Nc1cccc(NS(C)(=O)=O)c1. The summed E-state index contributed by atoms with van der Waals surface area (Å²) in [5.41, 5.74) is 0.888. The van der Waals surface area contributed by atoms with E-state index in [2.05, 4.69) is 25.1 Å². The van der Waals surface area contributed by atoms with Gasteiger partial charge in [0.1, 0.15) is 0 Å². The maximum Gasteiger partial charge on any atom is 0.422 e.